The van der Waals surface area contributed by atoms with Gasteiger partial charge < -0.3 is 14.6 Å². The minimum atomic E-state index is -0.994. The molecule has 0 amide bonds. The lowest BCUT2D eigenvalue weighted by atomic mass is 10.0. The molecule has 1 aromatic carbocycles. The molecule has 1 N–H and O–H groups in total. The van der Waals surface area contributed by atoms with E-state index in [0.29, 0.717) is 24.0 Å². The summed E-state index contributed by atoms with van der Waals surface area (Å²) in [5.41, 5.74) is 0.771. The van der Waals surface area contributed by atoms with Crippen LogP contribution < -0.4 is 4.74 Å². The van der Waals surface area contributed by atoms with Gasteiger partial charge in [-0.15, -0.1) is 0 Å². The zero-order valence-electron chi connectivity index (χ0n) is 15.8. The molecule has 0 aromatic heterocycles. The van der Waals surface area contributed by atoms with E-state index in [2.05, 4.69) is 43.7 Å². The third-order valence-electron chi connectivity index (χ3n) is 3.94. The van der Waals surface area contributed by atoms with E-state index in [1.807, 2.05) is 18.2 Å². The first-order chi connectivity index (χ1) is 13.8. The van der Waals surface area contributed by atoms with Crippen molar-refractivity contribution in [2.45, 2.75) is 30.2 Å². The number of allylic oxidation sites excluding steroid dienone is 5. The minimum absolute atomic E-state index is 0.243. The van der Waals surface area contributed by atoms with E-state index in [1.54, 1.807) is 37.3 Å². The maximum atomic E-state index is 11.2. The second-order valence-corrected chi connectivity index (χ2v) is 9.09. The van der Waals surface area contributed by atoms with Crippen LogP contribution in [0, 0.1) is 11.8 Å². The Morgan fingerprint density at radius 2 is 2.28 bits per heavy atom. The second kappa shape index (κ2) is 11.6. The molecule has 0 saturated carbocycles. The number of ether oxygens (including phenoxy) is 2. The zero-order chi connectivity index (χ0) is 21.3. The van der Waals surface area contributed by atoms with Gasteiger partial charge in [-0.05, 0) is 41.3 Å². The Hall–Kier alpha value is -1.52. The molecule has 1 aliphatic carbocycles. The summed E-state index contributed by atoms with van der Waals surface area (Å²) >= 11 is 13.4. The van der Waals surface area contributed by atoms with Gasteiger partial charge in [-0.3, -0.25) is 0 Å². The van der Waals surface area contributed by atoms with Gasteiger partial charge in [-0.2, -0.15) is 0 Å². The number of aliphatic carboxylic acids is 1. The molecule has 29 heavy (non-hydrogen) atoms. The van der Waals surface area contributed by atoms with Gasteiger partial charge >= 0.3 is 5.97 Å². The predicted octanol–water partition coefficient (Wildman–Crippen LogP) is 5.68. The van der Waals surface area contributed by atoms with Crippen molar-refractivity contribution in [2.75, 3.05) is 13.2 Å². The summed E-state index contributed by atoms with van der Waals surface area (Å²) in [6.07, 6.45) is 9.64. The summed E-state index contributed by atoms with van der Waals surface area (Å²) < 4.78 is 11.6. The van der Waals surface area contributed by atoms with E-state index in [1.165, 1.54) is 0 Å². The summed E-state index contributed by atoms with van der Waals surface area (Å²) in [5, 5.41) is 9.60. The maximum Gasteiger partial charge on any atom is 0.333 e. The van der Waals surface area contributed by atoms with Crippen LogP contribution in [0.25, 0.3) is 0 Å². The Kier molecular flexibility index (Phi) is 9.51. The Bertz CT molecular complexity index is 883. The number of carboxylic acids is 1. The second-order valence-electron chi connectivity index (χ2n) is 6.25. The van der Waals surface area contributed by atoms with E-state index in [4.69, 9.17) is 21.1 Å². The van der Waals surface area contributed by atoms with Gasteiger partial charge in [-0.25, -0.2) is 4.79 Å². The molecule has 1 aliphatic rings. The SMILES string of the molecule is CCO[C@@H](Cc1ccc(OC/C=C\C#CC2(Br)C=CC=C(Br)C2)c(Cl)c1)C(=O)O. The Labute approximate surface area is 192 Å². The predicted molar refractivity (Wildman–Crippen MR) is 123 cm³/mol. The Morgan fingerprint density at radius 1 is 1.48 bits per heavy atom. The first kappa shape index (κ1) is 23.8. The molecule has 0 saturated heterocycles. The average Bonchev–Trinajstić information content (AvgIpc) is 2.65. The molecule has 0 spiro atoms. The normalized spacial score (nSPS) is 19.4. The van der Waals surface area contributed by atoms with Crippen LogP contribution in [0.2, 0.25) is 5.02 Å². The van der Waals surface area contributed by atoms with Gasteiger partial charge in [0.15, 0.2) is 6.10 Å². The first-order valence-corrected chi connectivity index (χ1v) is 11.0. The van der Waals surface area contributed by atoms with Gasteiger partial charge in [0.05, 0.1) is 5.02 Å². The highest BCUT2D eigenvalue weighted by molar-refractivity contribution is 9.12. The largest absolute Gasteiger partial charge is 0.488 e. The molecule has 2 rings (SSSR count). The van der Waals surface area contributed by atoms with Crippen LogP contribution in [-0.2, 0) is 16.0 Å². The van der Waals surface area contributed by atoms with Crippen LogP contribution >= 0.6 is 43.5 Å². The number of carboxylic acid groups (broad SMARTS) is 1. The van der Waals surface area contributed by atoms with Gasteiger partial charge in [-0.1, -0.05) is 79.6 Å². The number of hydrogen-bond acceptors (Lipinski definition) is 3. The smallest absolute Gasteiger partial charge is 0.333 e. The fraction of sp³-hybridized carbons (Fsp3) is 0.318. The van der Waals surface area contributed by atoms with Crippen LogP contribution in [0.4, 0.5) is 0 Å². The molecular weight excluding hydrogens is 523 g/mol. The van der Waals surface area contributed by atoms with E-state index in [9.17, 15) is 9.90 Å². The van der Waals surface area contributed by atoms with Crippen molar-refractivity contribution in [3.8, 4) is 17.6 Å². The van der Waals surface area contributed by atoms with Gasteiger partial charge in [0.1, 0.15) is 16.7 Å². The van der Waals surface area contributed by atoms with Crippen LogP contribution in [0.3, 0.4) is 0 Å². The monoisotopic (exact) mass is 542 g/mol. The molecule has 1 unspecified atom stereocenters. The van der Waals surface area contributed by atoms with Gasteiger partial charge in [0.2, 0.25) is 0 Å². The van der Waals surface area contributed by atoms with E-state index in [-0.39, 0.29) is 10.7 Å². The molecule has 154 valence electrons. The fourth-order valence-electron chi connectivity index (χ4n) is 2.58. The molecule has 4 nitrogen and oxygen atoms in total. The van der Waals surface area contributed by atoms with E-state index < -0.39 is 12.1 Å². The summed E-state index contributed by atoms with van der Waals surface area (Å²) in [4.78, 5) is 11.2. The average molecular weight is 545 g/mol. The molecule has 0 fully saturated rings. The molecule has 0 aliphatic heterocycles. The Morgan fingerprint density at radius 3 is 2.93 bits per heavy atom. The first-order valence-electron chi connectivity index (χ1n) is 8.99. The Balaban J connectivity index is 1.88. The highest BCUT2D eigenvalue weighted by Gasteiger charge is 2.23. The summed E-state index contributed by atoms with van der Waals surface area (Å²) in [6, 6.07) is 5.21. The van der Waals surface area contributed by atoms with Crippen molar-refractivity contribution in [2.24, 2.45) is 0 Å². The molecule has 0 radical (unpaired) electrons. The minimum Gasteiger partial charge on any atom is -0.488 e. The standard InChI is InChI=1S/C22H21Br2ClO4/c1-2-28-20(21(26)27)14-16-8-9-19(18(25)13-16)29-12-5-3-4-10-22(24)11-6-7-17(23)15-22/h3,5-9,11,13,20H,2,12,14-15H2,1H3,(H,26,27)/b5-3-/t20-,22?/m0/s1. The van der Waals surface area contributed by atoms with E-state index >= 15 is 0 Å². The van der Waals surface area contributed by atoms with Crippen molar-refractivity contribution >= 4 is 49.4 Å². The summed E-state index contributed by atoms with van der Waals surface area (Å²) in [7, 11) is 0. The van der Waals surface area contributed by atoms with E-state index in [0.717, 1.165) is 16.5 Å². The molecule has 7 heteroatoms. The molecule has 0 bridgehead atoms. The lowest BCUT2D eigenvalue weighted by Crippen LogP contribution is -2.26. The van der Waals surface area contributed by atoms with Crippen molar-refractivity contribution in [3.05, 3.63) is 63.6 Å². The van der Waals surface area contributed by atoms with Crippen LogP contribution in [0.5, 0.6) is 5.75 Å². The van der Waals surface area contributed by atoms with Crippen molar-refractivity contribution in [3.63, 3.8) is 0 Å². The van der Waals surface area contributed by atoms with Crippen LogP contribution in [0.1, 0.15) is 18.9 Å². The fourth-order valence-corrected chi connectivity index (χ4v) is 4.38. The third kappa shape index (κ3) is 8.02. The highest BCUT2D eigenvalue weighted by atomic mass is 79.9. The quantitative estimate of drug-likeness (QED) is 0.338. The molecule has 1 aromatic rings. The van der Waals surface area contributed by atoms with Crippen molar-refractivity contribution in [1.82, 2.24) is 0 Å². The van der Waals surface area contributed by atoms with Crippen molar-refractivity contribution < 1.29 is 19.4 Å². The number of hydrogen-bond donors (Lipinski definition) is 1. The zero-order valence-corrected chi connectivity index (χ0v) is 19.8. The number of benzene rings is 1. The number of rotatable bonds is 8. The third-order valence-corrected chi connectivity index (χ3v) is 5.52. The van der Waals surface area contributed by atoms with Gasteiger partial charge in [0, 0.05) is 19.4 Å². The van der Waals surface area contributed by atoms with Gasteiger partial charge in [0.25, 0.3) is 0 Å². The maximum absolute atomic E-state index is 11.2. The number of halogens is 3. The lowest BCUT2D eigenvalue weighted by Gasteiger charge is -2.19. The van der Waals surface area contributed by atoms with Crippen LogP contribution in [0.15, 0.2) is 53.1 Å². The number of alkyl halides is 1. The highest BCUT2D eigenvalue weighted by Crippen LogP contribution is 2.33. The van der Waals surface area contributed by atoms with Crippen molar-refractivity contribution in [1.29, 1.82) is 0 Å². The summed E-state index contributed by atoms with van der Waals surface area (Å²) in [5.74, 6) is 5.71. The summed E-state index contributed by atoms with van der Waals surface area (Å²) in [6.45, 7) is 2.41. The molecule has 0 heterocycles. The van der Waals surface area contributed by atoms with Crippen LogP contribution in [-0.4, -0.2) is 34.7 Å². The molecular formula is C22H21Br2ClO4. The molecule has 2 atom stereocenters. The number of carbonyl (C=O) groups is 1. The topological polar surface area (TPSA) is 55.8 Å². The lowest BCUT2D eigenvalue weighted by molar-refractivity contribution is -0.149.